The molecule has 0 saturated heterocycles. The Kier molecular flexibility index (Phi) is 3.54. The summed E-state index contributed by atoms with van der Waals surface area (Å²) >= 11 is 5.67. The van der Waals surface area contributed by atoms with Gasteiger partial charge >= 0.3 is 0 Å². The average Bonchev–Trinajstić information content (AvgIpc) is 2.82. The molecule has 1 heterocycles. The van der Waals surface area contributed by atoms with E-state index < -0.39 is 21.4 Å². The SMILES string of the molecule is O=C(CS(=O)(=O)c1ccc(Cl)cc1)c1ccco1. The maximum Gasteiger partial charge on any atom is 0.213 e. The zero-order valence-electron chi connectivity index (χ0n) is 9.17. The Morgan fingerprint density at radius 3 is 2.39 bits per heavy atom. The van der Waals surface area contributed by atoms with Crippen LogP contribution < -0.4 is 0 Å². The van der Waals surface area contributed by atoms with Crippen molar-refractivity contribution in [3.8, 4) is 0 Å². The summed E-state index contributed by atoms with van der Waals surface area (Å²) < 4.78 is 28.7. The molecule has 0 atom stereocenters. The topological polar surface area (TPSA) is 64.3 Å². The van der Waals surface area contributed by atoms with Gasteiger partial charge in [0.25, 0.3) is 0 Å². The number of furan rings is 1. The van der Waals surface area contributed by atoms with Crippen LogP contribution in [0.3, 0.4) is 0 Å². The molecule has 94 valence electrons. The predicted molar refractivity (Wildman–Crippen MR) is 66.5 cm³/mol. The largest absolute Gasteiger partial charge is 0.461 e. The molecule has 6 heteroatoms. The number of benzene rings is 1. The summed E-state index contributed by atoms with van der Waals surface area (Å²) in [5.41, 5.74) is 0. The Balaban J connectivity index is 2.22. The molecular weight excluding hydrogens is 276 g/mol. The maximum absolute atomic E-state index is 11.9. The molecule has 18 heavy (non-hydrogen) atoms. The van der Waals surface area contributed by atoms with E-state index in [1.165, 1.54) is 42.7 Å². The molecule has 2 aromatic rings. The fourth-order valence-electron chi connectivity index (χ4n) is 1.41. The lowest BCUT2D eigenvalue weighted by Gasteiger charge is -2.02. The van der Waals surface area contributed by atoms with Gasteiger partial charge in [0.2, 0.25) is 5.78 Å². The molecule has 0 spiro atoms. The Labute approximate surface area is 109 Å². The molecule has 1 aromatic carbocycles. The van der Waals surface area contributed by atoms with Crippen LogP contribution in [-0.2, 0) is 9.84 Å². The zero-order valence-corrected chi connectivity index (χ0v) is 10.7. The molecule has 0 radical (unpaired) electrons. The van der Waals surface area contributed by atoms with Gasteiger partial charge in [-0.2, -0.15) is 0 Å². The van der Waals surface area contributed by atoms with Gasteiger partial charge < -0.3 is 4.42 Å². The first-order valence-electron chi connectivity index (χ1n) is 5.04. The molecule has 0 amide bonds. The van der Waals surface area contributed by atoms with Gasteiger partial charge in [-0.3, -0.25) is 4.79 Å². The number of sulfone groups is 1. The molecule has 0 bridgehead atoms. The predicted octanol–water partition coefficient (Wildman–Crippen LogP) is 2.59. The second-order valence-electron chi connectivity index (χ2n) is 3.61. The molecule has 0 N–H and O–H groups in total. The van der Waals surface area contributed by atoms with Crippen molar-refractivity contribution in [1.29, 1.82) is 0 Å². The van der Waals surface area contributed by atoms with Crippen LogP contribution in [0.1, 0.15) is 10.6 Å². The van der Waals surface area contributed by atoms with Gasteiger partial charge in [-0.1, -0.05) is 11.6 Å². The smallest absolute Gasteiger partial charge is 0.213 e. The van der Waals surface area contributed by atoms with E-state index in [0.29, 0.717) is 5.02 Å². The van der Waals surface area contributed by atoms with Crippen LogP contribution >= 0.6 is 11.6 Å². The van der Waals surface area contributed by atoms with Gasteiger partial charge in [-0.05, 0) is 36.4 Å². The van der Waals surface area contributed by atoms with Crippen LogP contribution in [0.4, 0.5) is 0 Å². The Morgan fingerprint density at radius 2 is 1.83 bits per heavy atom. The lowest BCUT2D eigenvalue weighted by Crippen LogP contribution is -2.15. The van der Waals surface area contributed by atoms with Gasteiger partial charge in [0.1, 0.15) is 5.75 Å². The molecule has 0 aliphatic heterocycles. The van der Waals surface area contributed by atoms with E-state index in [2.05, 4.69) is 0 Å². The zero-order chi connectivity index (χ0) is 13.2. The molecule has 0 aliphatic carbocycles. The van der Waals surface area contributed by atoms with Gasteiger partial charge in [-0.15, -0.1) is 0 Å². The highest BCUT2D eigenvalue weighted by Crippen LogP contribution is 2.16. The third-order valence-corrected chi connectivity index (χ3v) is 4.17. The minimum atomic E-state index is -3.67. The van der Waals surface area contributed by atoms with Crippen molar-refractivity contribution < 1.29 is 17.6 Å². The van der Waals surface area contributed by atoms with E-state index >= 15 is 0 Å². The highest BCUT2D eigenvalue weighted by molar-refractivity contribution is 7.92. The van der Waals surface area contributed by atoms with Crippen LogP contribution in [0.15, 0.2) is 52.0 Å². The third-order valence-electron chi connectivity index (χ3n) is 2.29. The third kappa shape index (κ3) is 2.80. The summed E-state index contributed by atoms with van der Waals surface area (Å²) in [5, 5.41) is 0.436. The average molecular weight is 285 g/mol. The van der Waals surface area contributed by atoms with Gasteiger partial charge in [0.05, 0.1) is 11.2 Å². The lowest BCUT2D eigenvalue weighted by molar-refractivity contribution is 0.0990. The van der Waals surface area contributed by atoms with Crippen molar-refractivity contribution in [3.05, 3.63) is 53.4 Å². The molecule has 1 aromatic heterocycles. The summed E-state index contributed by atoms with van der Waals surface area (Å²) in [6.07, 6.45) is 1.32. The van der Waals surface area contributed by atoms with Crippen molar-refractivity contribution in [2.45, 2.75) is 4.90 Å². The first kappa shape index (κ1) is 12.9. The van der Waals surface area contributed by atoms with Crippen LogP contribution in [0, 0.1) is 0 Å². The lowest BCUT2D eigenvalue weighted by atomic mass is 10.3. The number of carbonyl (C=O) groups is 1. The van der Waals surface area contributed by atoms with E-state index in [0.717, 1.165) is 0 Å². The Bertz CT molecular complexity index is 642. The number of hydrogen-bond donors (Lipinski definition) is 0. The van der Waals surface area contributed by atoms with Crippen LogP contribution in [0.5, 0.6) is 0 Å². The summed E-state index contributed by atoms with van der Waals surface area (Å²) in [5.74, 6) is -1.16. The van der Waals surface area contributed by atoms with Gasteiger partial charge in [0, 0.05) is 5.02 Å². The van der Waals surface area contributed by atoms with E-state index in [9.17, 15) is 13.2 Å². The van der Waals surface area contributed by atoms with Crippen LogP contribution in [0.2, 0.25) is 5.02 Å². The minimum absolute atomic E-state index is 0.0348. The van der Waals surface area contributed by atoms with Crippen LogP contribution in [0.25, 0.3) is 0 Å². The summed E-state index contributed by atoms with van der Waals surface area (Å²) in [4.78, 5) is 11.7. The van der Waals surface area contributed by atoms with Crippen molar-refractivity contribution in [1.82, 2.24) is 0 Å². The van der Waals surface area contributed by atoms with Crippen molar-refractivity contribution in [2.75, 3.05) is 5.75 Å². The van der Waals surface area contributed by atoms with E-state index in [-0.39, 0.29) is 10.7 Å². The molecule has 0 fully saturated rings. The number of carbonyl (C=O) groups excluding carboxylic acids is 1. The van der Waals surface area contributed by atoms with E-state index in [1.807, 2.05) is 0 Å². The normalized spacial score (nSPS) is 11.4. The second-order valence-corrected chi connectivity index (χ2v) is 6.04. The molecule has 2 rings (SSSR count). The fraction of sp³-hybridized carbons (Fsp3) is 0.0833. The van der Waals surface area contributed by atoms with E-state index in [1.54, 1.807) is 0 Å². The minimum Gasteiger partial charge on any atom is -0.461 e. The molecular formula is C12H9ClO4S. The first-order valence-corrected chi connectivity index (χ1v) is 7.07. The van der Waals surface area contributed by atoms with Crippen molar-refractivity contribution in [3.63, 3.8) is 0 Å². The Morgan fingerprint density at radius 1 is 1.17 bits per heavy atom. The number of ketones is 1. The van der Waals surface area contributed by atoms with Gasteiger partial charge in [0.15, 0.2) is 15.6 Å². The Hall–Kier alpha value is -1.59. The van der Waals surface area contributed by atoms with E-state index in [4.69, 9.17) is 16.0 Å². The summed E-state index contributed by atoms with van der Waals surface area (Å²) in [6, 6.07) is 8.62. The highest BCUT2D eigenvalue weighted by atomic mass is 35.5. The molecule has 0 saturated carbocycles. The number of hydrogen-bond acceptors (Lipinski definition) is 4. The van der Waals surface area contributed by atoms with Crippen molar-refractivity contribution >= 4 is 27.2 Å². The maximum atomic E-state index is 11.9. The summed E-state index contributed by atoms with van der Waals surface area (Å²) in [7, 11) is -3.67. The molecule has 0 unspecified atom stereocenters. The number of rotatable bonds is 4. The molecule has 4 nitrogen and oxygen atoms in total. The second kappa shape index (κ2) is 4.96. The summed E-state index contributed by atoms with van der Waals surface area (Å²) in [6.45, 7) is 0. The monoisotopic (exact) mass is 284 g/mol. The quantitative estimate of drug-likeness (QED) is 0.810. The number of Topliss-reactive ketones (excluding diaryl/α,β-unsaturated/α-hetero) is 1. The van der Waals surface area contributed by atoms with Crippen molar-refractivity contribution in [2.24, 2.45) is 0 Å². The first-order chi connectivity index (χ1) is 8.49. The number of halogens is 1. The van der Waals surface area contributed by atoms with Gasteiger partial charge in [-0.25, -0.2) is 8.42 Å². The molecule has 0 aliphatic rings. The standard InChI is InChI=1S/C12H9ClO4S/c13-9-3-5-10(6-4-9)18(15,16)8-11(14)12-2-1-7-17-12/h1-7H,8H2. The highest BCUT2D eigenvalue weighted by Gasteiger charge is 2.21. The fourth-order valence-corrected chi connectivity index (χ4v) is 2.74. The van der Waals surface area contributed by atoms with Crippen LogP contribution in [-0.4, -0.2) is 20.0 Å².